The van der Waals surface area contributed by atoms with Crippen LogP contribution in [0.2, 0.25) is 0 Å². The molecule has 1 fully saturated rings. The van der Waals surface area contributed by atoms with Gasteiger partial charge in [-0.25, -0.2) is 0 Å². The van der Waals surface area contributed by atoms with Crippen molar-refractivity contribution >= 4 is 15.9 Å². The first-order valence-electron chi connectivity index (χ1n) is 6.89. The lowest BCUT2D eigenvalue weighted by atomic mass is 10.1. The van der Waals surface area contributed by atoms with Gasteiger partial charge in [-0.2, -0.15) is 0 Å². The lowest BCUT2D eigenvalue weighted by molar-refractivity contribution is 0.0454. The number of rotatable bonds is 6. The second-order valence-electron chi connectivity index (χ2n) is 4.92. The van der Waals surface area contributed by atoms with E-state index in [4.69, 9.17) is 4.74 Å². The van der Waals surface area contributed by atoms with E-state index in [0.717, 1.165) is 24.2 Å². The van der Waals surface area contributed by atoms with Crippen LogP contribution in [0.15, 0.2) is 22.7 Å². The summed E-state index contributed by atoms with van der Waals surface area (Å²) in [6.45, 7) is 4.79. The van der Waals surface area contributed by atoms with Gasteiger partial charge in [0, 0.05) is 11.0 Å². The van der Waals surface area contributed by atoms with Crippen LogP contribution in [-0.4, -0.2) is 12.6 Å². The van der Waals surface area contributed by atoms with Crippen LogP contribution in [0.4, 0.5) is 0 Å². The molecule has 3 heteroatoms. The van der Waals surface area contributed by atoms with Crippen LogP contribution in [-0.2, 0) is 17.9 Å². The molecule has 0 bridgehead atoms. The van der Waals surface area contributed by atoms with Gasteiger partial charge in [-0.3, -0.25) is 0 Å². The Kier molecular flexibility index (Phi) is 5.67. The molecule has 1 saturated carbocycles. The molecule has 0 spiro atoms. The molecule has 0 saturated heterocycles. The number of nitrogens with one attached hydrogen (secondary N) is 1. The van der Waals surface area contributed by atoms with Crippen molar-refractivity contribution in [3.8, 4) is 0 Å². The highest BCUT2D eigenvalue weighted by Crippen LogP contribution is 2.24. The topological polar surface area (TPSA) is 21.3 Å². The minimum atomic E-state index is 0.485. The van der Waals surface area contributed by atoms with E-state index in [9.17, 15) is 0 Å². The Balaban J connectivity index is 1.87. The molecule has 2 rings (SSSR count). The van der Waals surface area contributed by atoms with E-state index in [2.05, 4.69) is 46.4 Å². The molecule has 0 heterocycles. The van der Waals surface area contributed by atoms with Crippen LogP contribution in [0.3, 0.4) is 0 Å². The lowest BCUT2D eigenvalue weighted by Crippen LogP contribution is -2.12. The molecular weight excluding hydrogens is 290 g/mol. The fourth-order valence-electron chi connectivity index (χ4n) is 2.35. The van der Waals surface area contributed by atoms with Gasteiger partial charge < -0.3 is 10.1 Å². The summed E-state index contributed by atoms with van der Waals surface area (Å²) < 4.78 is 7.11. The van der Waals surface area contributed by atoms with E-state index in [1.165, 1.54) is 36.8 Å². The quantitative estimate of drug-likeness (QED) is 0.857. The van der Waals surface area contributed by atoms with Crippen molar-refractivity contribution in [2.75, 3.05) is 6.54 Å². The predicted molar refractivity (Wildman–Crippen MR) is 78.6 cm³/mol. The van der Waals surface area contributed by atoms with Gasteiger partial charge >= 0.3 is 0 Å². The normalized spacial score (nSPS) is 16.3. The summed E-state index contributed by atoms with van der Waals surface area (Å²) in [7, 11) is 0. The Morgan fingerprint density at radius 2 is 2.11 bits per heavy atom. The SMILES string of the molecule is CCNCc1ccc(COC2CCCC2)c(Br)c1. The third kappa shape index (κ3) is 4.08. The van der Waals surface area contributed by atoms with E-state index in [1.807, 2.05) is 0 Å². The van der Waals surface area contributed by atoms with E-state index in [0.29, 0.717) is 6.10 Å². The molecule has 18 heavy (non-hydrogen) atoms. The predicted octanol–water partition coefficient (Wildman–Crippen LogP) is 4.02. The Morgan fingerprint density at radius 3 is 2.78 bits per heavy atom. The first-order valence-corrected chi connectivity index (χ1v) is 7.68. The maximum absolute atomic E-state index is 5.95. The summed E-state index contributed by atoms with van der Waals surface area (Å²) in [4.78, 5) is 0. The number of hydrogen-bond acceptors (Lipinski definition) is 2. The van der Waals surface area contributed by atoms with Crippen molar-refractivity contribution in [1.29, 1.82) is 0 Å². The highest BCUT2D eigenvalue weighted by molar-refractivity contribution is 9.10. The fourth-order valence-corrected chi connectivity index (χ4v) is 2.89. The maximum Gasteiger partial charge on any atom is 0.0731 e. The van der Waals surface area contributed by atoms with Crippen molar-refractivity contribution in [2.24, 2.45) is 0 Å². The summed E-state index contributed by atoms with van der Waals surface area (Å²) in [5.41, 5.74) is 2.57. The monoisotopic (exact) mass is 311 g/mol. The van der Waals surface area contributed by atoms with Crippen molar-refractivity contribution in [2.45, 2.75) is 51.9 Å². The Morgan fingerprint density at radius 1 is 1.33 bits per heavy atom. The van der Waals surface area contributed by atoms with E-state index >= 15 is 0 Å². The largest absolute Gasteiger partial charge is 0.374 e. The molecule has 0 aromatic heterocycles. The van der Waals surface area contributed by atoms with Crippen LogP contribution in [0, 0.1) is 0 Å². The van der Waals surface area contributed by atoms with Crippen molar-refractivity contribution < 1.29 is 4.74 Å². The molecule has 0 radical (unpaired) electrons. The molecule has 0 atom stereocenters. The van der Waals surface area contributed by atoms with Gasteiger partial charge in [-0.1, -0.05) is 47.8 Å². The van der Waals surface area contributed by atoms with Crippen LogP contribution < -0.4 is 5.32 Å². The molecule has 0 amide bonds. The molecule has 2 nitrogen and oxygen atoms in total. The molecule has 1 aliphatic carbocycles. The van der Waals surface area contributed by atoms with Gasteiger partial charge in [0.2, 0.25) is 0 Å². The van der Waals surface area contributed by atoms with Crippen LogP contribution >= 0.6 is 15.9 Å². The molecule has 0 aliphatic heterocycles. The van der Waals surface area contributed by atoms with Crippen LogP contribution in [0.25, 0.3) is 0 Å². The first kappa shape index (κ1) is 14.0. The fraction of sp³-hybridized carbons (Fsp3) is 0.600. The zero-order chi connectivity index (χ0) is 12.8. The lowest BCUT2D eigenvalue weighted by Gasteiger charge is -2.13. The summed E-state index contributed by atoms with van der Waals surface area (Å²) in [6.07, 6.45) is 5.60. The molecule has 100 valence electrons. The number of benzene rings is 1. The maximum atomic E-state index is 5.95. The Labute approximate surface area is 118 Å². The van der Waals surface area contributed by atoms with Crippen molar-refractivity contribution in [3.63, 3.8) is 0 Å². The third-order valence-corrected chi connectivity index (χ3v) is 4.21. The number of ether oxygens (including phenoxy) is 1. The standard InChI is InChI=1S/C15H22BrNO/c1-2-17-10-12-7-8-13(15(16)9-12)11-18-14-5-3-4-6-14/h7-9,14,17H,2-6,10-11H2,1H3. The molecule has 1 aromatic rings. The van der Waals surface area contributed by atoms with Gasteiger partial charge in [-0.05, 0) is 36.6 Å². The zero-order valence-corrected chi connectivity index (χ0v) is 12.6. The van der Waals surface area contributed by atoms with Crippen molar-refractivity contribution in [1.82, 2.24) is 5.32 Å². The summed E-state index contributed by atoms with van der Waals surface area (Å²) >= 11 is 3.64. The van der Waals surface area contributed by atoms with Crippen LogP contribution in [0.5, 0.6) is 0 Å². The Hall–Kier alpha value is -0.380. The van der Waals surface area contributed by atoms with Gasteiger partial charge in [0.05, 0.1) is 12.7 Å². The molecular formula is C15H22BrNO. The number of halogens is 1. The van der Waals surface area contributed by atoms with Gasteiger partial charge in [0.1, 0.15) is 0 Å². The average molecular weight is 312 g/mol. The Bertz CT molecular complexity index is 375. The summed E-state index contributed by atoms with van der Waals surface area (Å²) in [6, 6.07) is 6.54. The zero-order valence-electron chi connectivity index (χ0n) is 11.0. The second-order valence-corrected chi connectivity index (χ2v) is 5.78. The van der Waals surface area contributed by atoms with Gasteiger partial charge in [0.15, 0.2) is 0 Å². The summed E-state index contributed by atoms with van der Waals surface area (Å²) in [5, 5.41) is 3.34. The molecule has 1 aliphatic rings. The molecule has 0 unspecified atom stereocenters. The van der Waals surface area contributed by atoms with E-state index in [1.54, 1.807) is 0 Å². The highest BCUT2D eigenvalue weighted by atomic mass is 79.9. The summed E-state index contributed by atoms with van der Waals surface area (Å²) in [5.74, 6) is 0. The third-order valence-electron chi connectivity index (χ3n) is 3.47. The van der Waals surface area contributed by atoms with E-state index < -0.39 is 0 Å². The van der Waals surface area contributed by atoms with Crippen LogP contribution in [0.1, 0.15) is 43.7 Å². The average Bonchev–Trinajstić information content (AvgIpc) is 2.88. The molecule has 1 aromatic carbocycles. The van der Waals surface area contributed by atoms with Gasteiger partial charge in [0.25, 0.3) is 0 Å². The number of hydrogen-bond donors (Lipinski definition) is 1. The van der Waals surface area contributed by atoms with Crippen molar-refractivity contribution in [3.05, 3.63) is 33.8 Å². The first-order chi connectivity index (χ1) is 8.79. The molecule has 1 N–H and O–H groups in total. The second kappa shape index (κ2) is 7.27. The minimum Gasteiger partial charge on any atom is -0.374 e. The highest BCUT2D eigenvalue weighted by Gasteiger charge is 2.15. The minimum absolute atomic E-state index is 0.485. The smallest absolute Gasteiger partial charge is 0.0731 e. The van der Waals surface area contributed by atoms with E-state index in [-0.39, 0.29) is 0 Å². The van der Waals surface area contributed by atoms with Gasteiger partial charge in [-0.15, -0.1) is 0 Å².